The molecule has 1 aliphatic rings. The van der Waals surface area contributed by atoms with Crippen LogP contribution in [-0.2, 0) is 15.7 Å². The molecule has 0 spiro atoms. The molecule has 1 aromatic carbocycles. The van der Waals surface area contributed by atoms with Gasteiger partial charge >= 0.3 is 12.1 Å². The van der Waals surface area contributed by atoms with Crippen molar-refractivity contribution < 1.29 is 27.8 Å². The number of halogens is 3. The van der Waals surface area contributed by atoms with Crippen molar-refractivity contribution >= 4 is 11.7 Å². The molecule has 7 heteroatoms. The largest absolute Gasteiger partial charge is 0.480 e. The first-order valence-corrected chi connectivity index (χ1v) is 6.10. The number of benzene rings is 1. The van der Waals surface area contributed by atoms with Gasteiger partial charge in [-0.3, -0.25) is 0 Å². The Hall–Kier alpha value is -1.76. The van der Waals surface area contributed by atoms with Crippen molar-refractivity contribution in [2.24, 2.45) is 0 Å². The predicted octanol–water partition coefficient (Wildman–Crippen LogP) is 2.75. The fourth-order valence-corrected chi connectivity index (χ4v) is 2.13. The van der Waals surface area contributed by atoms with Crippen LogP contribution in [-0.4, -0.2) is 29.8 Å². The smallest absolute Gasteiger partial charge is 0.416 e. The lowest BCUT2D eigenvalue weighted by Crippen LogP contribution is -2.50. The molecule has 4 nitrogen and oxygen atoms in total. The van der Waals surface area contributed by atoms with Gasteiger partial charge in [-0.15, -0.1) is 0 Å². The highest BCUT2D eigenvalue weighted by Gasteiger charge is 2.40. The maximum Gasteiger partial charge on any atom is 0.416 e. The summed E-state index contributed by atoms with van der Waals surface area (Å²) < 4.78 is 42.5. The first-order valence-electron chi connectivity index (χ1n) is 6.10. The van der Waals surface area contributed by atoms with Crippen LogP contribution in [0.2, 0.25) is 0 Å². The minimum Gasteiger partial charge on any atom is -0.480 e. The summed E-state index contributed by atoms with van der Waals surface area (Å²) in [5.41, 5.74) is -1.60. The Kier molecular flexibility index (Phi) is 3.89. The second-order valence-electron chi connectivity index (χ2n) is 4.70. The molecule has 110 valence electrons. The zero-order valence-corrected chi connectivity index (χ0v) is 10.5. The first-order chi connectivity index (χ1) is 9.33. The number of hydrogen-bond acceptors (Lipinski definition) is 3. The normalized spacial score (nSPS) is 18.6. The predicted molar refractivity (Wildman–Crippen MR) is 65.5 cm³/mol. The van der Waals surface area contributed by atoms with Crippen LogP contribution in [0.1, 0.15) is 18.4 Å². The molecule has 1 heterocycles. The van der Waals surface area contributed by atoms with Crippen molar-refractivity contribution in [2.75, 3.05) is 18.5 Å². The Morgan fingerprint density at radius 2 is 1.75 bits per heavy atom. The monoisotopic (exact) mass is 289 g/mol. The Morgan fingerprint density at radius 3 is 2.20 bits per heavy atom. The standard InChI is InChI=1S/C13H14F3NO3/c14-13(15,16)9-1-3-10(4-2-9)17-12(11(18)19)5-7-20-8-6-12/h1-4,17H,5-8H2,(H,18,19). The van der Waals surface area contributed by atoms with Crippen molar-refractivity contribution in [3.05, 3.63) is 29.8 Å². The van der Waals surface area contributed by atoms with E-state index >= 15 is 0 Å². The van der Waals surface area contributed by atoms with E-state index in [4.69, 9.17) is 4.74 Å². The molecule has 0 aromatic heterocycles. The zero-order chi connectivity index (χ0) is 14.8. The number of hydrogen-bond donors (Lipinski definition) is 2. The molecular weight excluding hydrogens is 275 g/mol. The van der Waals surface area contributed by atoms with E-state index in [0.29, 0.717) is 18.9 Å². The molecular formula is C13H14F3NO3. The highest BCUT2D eigenvalue weighted by molar-refractivity contribution is 5.83. The molecule has 0 bridgehead atoms. The Balaban J connectivity index is 2.17. The van der Waals surface area contributed by atoms with Crippen LogP contribution in [0.5, 0.6) is 0 Å². The highest BCUT2D eigenvalue weighted by Crippen LogP contribution is 2.31. The quantitative estimate of drug-likeness (QED) is 0.898. The zero-order valence-electron chi connectivity index (χ0n) is 10.5. The first kappa shape index (κ1) is 14.6. The molecule has 0 aliphatic carbocycles. The summed E-state index contributed by atoms with van der Waals surface area (Å²) in [6.07, 6.45) is -3.87. The Morgan fingerprint density at radius 1 is 1.20 bits per heavy atom. The van der Waals surface area contributed by atoms with E-state index in [1.807, 2.05) is 0 Å². The van der Waals surface area contributed by atoms with Crippen LogP contribution in [0.3, 0.4) is 0 Å². The van der Waals surface area contributed by atoms with Crippen molar-refractivity contribution in [3.8, 4) is 0 Å². The summed E-state index contributed by atoms with van der Waals surface area (Å²) in [6.45, 7) is 0.611. The maximum absolute atomic E-state index is 12.5. The molecule has 1 aromatic rings. The van der Waals surface area contributed by atoms with E-state index < -0.39 is 23.2 Å². The van der Waals surface area contributed by atoms with Crippen molar-refractivity contribution in [1.82, 2.24) is 0 Å². The lowest BCUT2D eigenvalue weighted by atomic mass is 9.89. The van der Waals surface area contributed by atoms with E-state index in [-0.39, 0.29) is 12.8 Å². The van der Waals surface area contributed by atoms with Gasteiger partial charge < -0.3 is 15.2 Å². The van der Waals surface area contributed by atoms with Crippen molar-refractivity contribution in [2.45, 2.75) is 24.6 Å². The number of carbonyl (C=O) groups is 1. The third-order valence-corrected chi connectivity index (χ3v) is 3.35. The Bertz CT molecular complexity index is 479. The number of aliphatic carboxylic acids is 1. The van der Waals surface area contributed by atoms with Gasteiger partial charge in [-0.25, -0.2) is 4.79 Å². The van der Waals surface area contributed by atoms with Gasteiger partial charge in [-0.05, 0) is 24.3 Å². The summed E-state index contributed by atoms with van der Waals surface area (Å²) >= 11 is 0. The molecule has 0 unspecified atom stereocenters. The fourth-order valence-electron chi connectivity index (χ4n) is 2.13. The Labute approximate surface area is 113 Å². The number of rotatable bonds is 3. The number of carboxylic acid groups (broad SMARTS) is 1. The van der Waals surface area contributed by atoms with Gasteiger partial charge in [0.1, 0.15) is 5.54 Å². The van der Waals surface area contributed by atoms with Crippen LogP contribution >= 0.6 is 0 Å². The summed E-state index contributed by atoms with van der Waals surface area (Å²) in [7, 11) is 0. The van der Waals surface area contributed by atoms with Gasteiger partial charge in [0.25, 0.3) is 0 Å². The lowest BCUT2D eigenvalue weighted by molar-refractivity contribution is -0.145. The van der Waals surface area contributed by atoms with E-state index in [2.05, 4.69) is 5.32 Å². The second-order valence-corrected chi connectivity index (χ2v) is 4.70. The number of carboxylic acids is 1. The molecule has 0 atom stereocenters. The van der Waals surface area contributed by atoms with Gasteiger partial charge in [-0.1, -0.05) is 0 Å². The number of ether oxygens (including phenoxy) is 1. The van der Waals surface area contributed by atoms with Crippen LogP contribution in [0, 0.1) is 0 Å². The average Bonchev–Trinajstić information content (AvgIpc) is 2.39. The van der Waals surface area contributed by atoms with Crippen LogP contribution < -0.4 is 5.32 Å². The number of anilines is 1. The minimum absolute atomic E-state index is 0.267. The lowest BCUT2D eigenvalue weighted by Gasteiger charge is -2.34. The summed E-state index contributed by atoms with van der Waals surface area (Å²) in [6, 6.07) is 4.33. The second kappa shape index (κ2) is 5.32. The van der Waals surface area contributed by atoms with Gasteiger partial charge in [0, 0.05) is 31.7 Å². The van der Waals surface area contributed by atoms with E-state index in [9.17, 15) is 23.1 Å². The molecule has 2 N–H and O–H groups in total. The average molecular weight is 289 g/mol. The summed E-state index contributed by atoms with van der Waals surface area (Å²) in [5, 5.41) is 12.2. The van der Waals surface area contributed by atoms with Crippen LogP contribution in [0.15, 0.2) is 24.3 Å². The number of alkyl halides is 3. The van der Waals surface area contributed by atoms with Crippen LogP contribution in [0.4, 0.5) is 18.9 Å². The molecule has 0 saturated carbocycles. The van der Waals surface area contributed by atoms with Crippen LogP contribution in [0.25, 0.3) is 0 Å². The molecule has 0 amide bonds. The highest BCUT2D eigenvalue weighted by atomic mass is 19.4. The molecule has 1 aliphatic heterocycles. The van der Waals surface area contributed by atoms with Crippen molar-refractivity contribution in [3.63, 3.8) is 0 Å². The van der Waals surface area contributed by atoms with Gasteiger partial charge in [0.2, 0.25) is 0 Å². The van der Waals surface area contributed by atoms with Gasteiger partial charge in [0.15, 0.2) is 0 Å². The minimum atomic E-state index is -4.40. The molecule has 1 saturated heterocycles. The van der Waals surface area contributed by atoms with E-state index in [1.165, 1.54) is 12.1 Å². The van der Waals surface area contributed by atoms with E-state index in [0.717, 1.165) is 12.1 Å². The summed E-state index contributed by atoms with van der Waals surface area (Å²) in [5.74, 6) is -1.03. The molecule has 0 radical (unpaired) electrons. The summed E-state index contributed by atoms with van der Waals surface area (Å²) in [4.78, 5) is 11.4. The van der Waals surface area contributed by atoms with E-state index in [1.54, 1.807) is 0 Å². The maximum atomic E-state index is 12.5. The van der Waals surface area contributed by atoms with Gasteiger partial charge in [0.05, 0.1) is 5.56 Å². The molecule has 20 heavy (non-hydrogen) atoms. The SMILES string of the molecule is O=C(O)C1(Nc2ccc(C(F)(F)F)cc2)CCOCC1. The number of nitrogens with one attached hydrogen (secondary N) is 1. The topological polar surface area (TPSA) is 58.6 Å². The molecule has 2 rings (SSSR count). The van der Waals surface area contributed by atoms with Crippen molar-refractivity contribution in [1.29, 1.82) is 0 Å². The third-order valence-electron chi connectivity index (χ3n) is 3.35. The fraction of sp³-hybridized carbons (Fsp3) is 0.462. The van der Waals surface area contributed by atoms with Gasteiger partial charge in [-0.2, -0.15) is 13.2 Å². The molecule has 1 fully saturated rings. The third kappa shape index (κ3) is 3.04.